The molecule has 1 amide bonds. The zero-order valence-corrected chi connectivity index (χ0v) is 83.8. The van der Waals surface area contributed by atoms with E-state index in [1.807, 2.05) is 0 Å². The second kappa shape index (κ2) is 64.8. The molecular weight excluding hydrogens is 1410 g/mol. The lowest BCUT2D eigenvalue weighted by Gasteiger charge is -2.35. The molecule has 1 N–H and O–H groups in total. The Balaban J connectivity index is 0.000000440. The number of piperidine rings is 7. The van der Waals surface area contributed by atoms with Gasteiger partial charge < -0.3 is 54.3 Å². The van der Waals surface area contributed by atoms with E-state index >= 15 is 0 Å². The first-order valence-corrected chi connectivity index (χ1v) is 50.9. The van der Waals surface area contributed by atoms with Crippen LogP contribution in [0, 0.1) is 118 Å². The largest absolute Gasteiger partial charge is 0.342 e. The Morgan fingerprint density at radius 2 is 0.548 bits per heavy atom. The third-order valence-electron chi connectivity index (χ3n) is 28.7. The van der Waals surface area contributed by atoms with Crippen molar-refractivity contribution in [1.82, 2.24) is 54.3 Å². The lowest BCUT2D eigenvalue weighted by Crippen LogP contribution is -2.46. The molecule has 0 aromatic heterocycles. The summed E-state index contributed by atoms with van der Waals surface area (Å²) in [7, 11) is 8.89. The van der Waals surface area contributed by atoms with Crippen LogP contribution < -0.4 is 5.32 Å². The van der Waals surface area contributed by atoms with Crippen LogP contribution in [0.15, 0.2) is 0 Å². The van der Waals surface area contributed by atoms with E-state index in [1.165, 1.54) is 311 Å². The van der Waals surface area contributed by atoms with Crippen LogP contribution in [0.5, 0.6) is 0 Å². The van der Waals surface area contributed by atoms with Crippen molar-refractivity contribution in [1.29, 1.82) is 0 Å². The molecule has 9 heterocycles. The molecule has 9 aliphatic heterocycles. The van der Waals surface area contributed by atoms with Crippen molar-refractivity contribution in [2.24, 2.45) is 118 Å². The van der Waals surface area contributed by atoms with Gasteiger partial charge in [-0.05, 0) is 394 Å². The van der Waals surface area contributed by atoms with E-state index in [2.05, 4.69) is 256 Å². The zero-order chi connectivity index (χ0) is 86.0. The molecule has 1 aliphatic carbocycles. The second-order valence-electron chi connectivity index (χ2n) is 43.5. The highest BCUT2D eigenvalue weighted by molar-refractivity contribution is 5.81. The van der Waals surface area contributed by atoms with Crippen LogP contribution in [0.25, 0.3) is 0 Å². The Labute approximate surface area is 723 Å². The number of amides is 1. The monoisotopic (exact) mass is 1620 g/mol. The maximum Gasteiger partial charge on any atom is 0.225 e. The van der Waals surface area contributed by atoms with Gasteiger partial charge >= 0.3 is 0 Å². The molecule has 1 saturated carbocycles. The van der Waals surface area contributed by atoms with Gasteiger partial charge in [0.15, 0.2) is 0 Å². The summed E-state index contributed by atoms with van der Waals surface area (Å²) in [4.78, 5) is 36.6. The number of hydrogen-bond acceptors (Lipinski definition) is 11. The average molecular weight is 1620 g/mol. The highest BCUT2D eigenvalue weighted by atomic mass is 16.2. The first-order valence-electron chi connectivity index (χ1n) is 50.9. The molecule has 10 aliphatic rings. The van der Waals surface area contributed by atoms with Crippen LogP contribution >= 0.6 is 0 Å². The number of likely N-dealkylation sites (N-methyl/N-ethyl adjacent to an activating group) is 2. The predicted octanol–water partition coefficient (Wildman–Crippen LogP) is 23.0. The lowest BCUT2D eigenvalue weighted by molar-refractivity contribution is -0.134. The smallest absolute Gasteiger partial charge is 0.225 e. The number of carbonyl (C=O) groups is 1. The summed E-state index contributed by atoms with van der Waals surface area (Å²) in [6, 6.07) is 0.750. The maximum atomic E-state index is 11.8. The highest BCUT2D eigenvalue weighted by Crippen LogP contribution is 2.35. The average Bonchev–Trinajstić information content (AvgIpc) is 1.70. The van der Waals surface area contributed by atoms with Gasteiger partial charge in [-0.15, -0.1) is 0 Å². The number of likely N-dealkylation sites (tertiary alicyclic amines) is 6. The predicted molar refractivity (Wildman–Crippen MR) is 512 cm³/mol. The van der Waals surface area contributed by atoms with Crippen molar-refractivity contribution in [2.75, 3.05) is 198 Å². The van der Waals surface area contributed by atoms with Crippen molar-refractivity contribution < 1.29 is 4.79 Å². The normalized spacial score (nSPS) is 22.6. The Kier molecular flexibility index (Phi) is 62.0. The van der Waals surface area contributed by atoms with Gasteiger partial charge in [-0.1, -0.05) is 179 Å². The van der Waals surface area contributed by atoms with Gasteiger partial charge in [0.2, 0.25) is 5.91 Å². The van der Waals surface area contributed by atoms with Gasteiger partial charge in [0, 0.05) is 90.5 Å². The maximum absolute atomic E-state index is 11.8. The minimum atomic E-state index is 0.409. The Hall–Kier alpha value is -0.930. The first-order chi connectivity index (χ1) is 54.6. The van der Waals surface area contributed by atoms with Gasteiger partial charge in [0.25, 0.3) is 0 Å². The molecule has 686 valence electrons. The van der Waals surface area contributed by atoms with E-state index in [9.17, 15) is 4.79 Å². The van der Waals surface area contributed by atoms with E-state index in [-0.39, 0.29) is 0 Å². The second-order valence-corrected chi connectivity index (χ2v) is 43.5. The van der Waals surface area contributed by atoms with E-state index in [4.69, 9.17) is 0 Å². The minimum Gasteiger partial charge on any atom is -0.342 e. The topological polar surface area (TPSA) is 61.5 Å². The standard InChI is InChI=1S/C14H29N.C13H23NO.C13H27N.C12H26N2.C12H25N.C11H23N.C10H21N.C9H20N2.C9H19N/c1-5-14(12(3)4)11-13-7-9-15(6-2)10-8-13;1-10(2)9-11-5-7-14(8-6-11)13(15)12-3-4-12;1-5-13(11(2)3)10-12-6-8-14(4)9-7-12;1-5-12(11(2)3)10-14-8-6-13(4)7-9-14;1-10(2)9-12-5-7-13(8-6-12)11(3)4;1-4-12-7-5-11(6-8-12)9-10(2)3;1-9(2)8-10-4-6-11(3)7-5-10;1-9(2)8-11-6-4-10(3)5-7-11;1-8(2)7-9-3-5-10-6-4-9/h12-14H,5-11H2,1-4H3;10-12H,3-9H2,1-2H3;11-13H,5-10H2,1-4H3;11-12H,5-10H2,1-4H3;10-12H,5-9H2,1-4H3;10-11H,4-9H2,1-3H3;9-10H,4-8H2,1-3H3;9H,4-8H2,1-3H3;8-10H,3-7H2,1-2H3. The fourth-order valence-electron chi connectivity index (χ4n) is 20.2. The molecule has 115 heavy (non-hydrogen) atoms. The Morgan fingerprint density at radius 1 is 0.278 bits per heavy atom. The minimum absolute atomic E-state index is 0.409. The third-order valence-corrected chi connectivity index (χ3v) is 28.7. The molecule has 0 radical (unpaired) electrons. The molecule has 0 aromatic rings. The zero-order valence-electron chi connectivity index (χ0n) is 83.8. The number of piperazine rings is 2. The van der Waals surface area contributed by atoms with Crippen LogP contribution in [0.2, 0.25) is 0 Å². The molecule has 12 nitrogen and oxygen atoms in total. The number of nitrogens with zero attached hydrogens (tertiary/aromatic N) is 10. The van der Waals surface area contributed by atoms with Crippen LogP contribution in [0.3, 0.4) is 0 Å². The Morgan fingerprint density at radius 3 is 0.817 bits per heavy atom. The van der Waals surface area contributed by atoms with Crippen LogP contribution in [-0.4, -0.2) is 259 Å². The van der Waals surface area contributed by atoms with Gasteiger partial charge in [-0.2, -0.15) is 0 Å². The molecule has 10 rings (SSSR count). The van der Waals surface area contributed by atoms with Crippen LogP contribution in [0.4, 0.5) is 0 Å². The van der Waals surface area contributed by atoms with Crippen LogP contribution in [-0.2, 0) is 4.79 Å². The quantitative estimate of drug-likeness (QED) is 0.0815. The molecule has 0 bridgehead atoms. The fourth-order valence-corrected chi connectivity index (χ4v) is 20.2. The number of hydrogen-bond donors (Lipinski definition) is 1. The molecular formula is C103H213N11O. The number of carbonyl (C=O) groups excluding carboxylic acids is 1. The summed E-state index contributed by atoms with van der Waals surface area (Å²) in [5.41, 5.74) is 0. The lowest BCUT2D eigenvalue weighted by atomic mass is 9.81. The number of rotatable bonds is 28. The van der Waals surface area contributed by atoms with Crippen molar-refractivity contribution in [3.63, 3.8) is 0 Å². The first kappa shape index (κ1) is 110. The number of nitrogens with one attached hydrogen (secondary N) is 1. The van der Waals surface area contributed by atoms with E-state index in [1.54, 1.807) is 0 Å². The van der Waals surface area contributed by atoms with Crippen LogP contribution in [0.1, 0.15) is 340 Å². The summed E-state index contributed by atoms with van der Waals surface area (Å²) in [6.07, 6.45) is 36.0. The van der Waals surface area contributed by atoms with E-state index < -0.39 is 0 Å². The summed E-state index contributed by atoms with van der Waals surface area (Å²) in [6.45, 7) is 91.2. The summed E-state index contributed by atoms with van der Waals surface area (Å²) in [5, 5.41) is 3.39. The molecule has 9 saturated heterocycles. The molecule has 12 heteroatoms. The van der Waals surface area contributed by atoms with Gasteiger partial charge in [0.05, 0.1) is 0 Å². The molecule has 3 atom stereocenters. The van der Waals surface area contributed by atoms with E-state index in [0.717, 1.165) is 144 Å². The van der Waals surface area contributed by atoms with E-state index in [0.29, 0.717) is 11.8 Å². The summed E-state index contributed by atoms with van der Waals surface area (Å²) >= 11 is 0. The molecule has 0 spiro atoms. The van der Waals surface area contributed by atoms with Crippen molar-refractivity contribution in [3.8, 4) is 0 Å². The highest BCUT2D eigenvalue weighted by Gasteiger charge is 2.35. The molecule has 3 unspecified atom stereocenters. The van der Waals surface area contributed by atoms with Gasteiger partial charge in [0.1, 0.15) is 0 Å². The Bertz CT molecular complexity index is 2100. The summed E-state index contributed by atoms with van der Waals surface area (Å²) < 4.78 is 0. The van der Waals surface area contributed by atoms with Crippen molar-refractivity contribution >= 4 is 5.91 Å². The van der Waals surface area contributed by atoms with Crippen molar-refractivity contribution in [3.05, 3.63) is 0 Å². The summed E-state index contributed by atoms with van der Waals surface area (Å²) in [5.74, 6) is 18.4. The van der Waals surface area contributed by atoms with Crippen molar-refractivity contribution in [2.45, 2.75) is 346 Å². The van der Waals surface area contributed by atoms with Gasteiger partial charge in [-0.3, -0.25) is 4.79 Å². The molecule has 0 aromatic carbocycles. The molecule has 10 fully saturated rings. The third kappa shape index (κ3) is 54.4. The van der Waals surface area contributed by atoms with Gasteiger partial charge in [-0.25, -0.2) is 0 Å². The SMILES string of the molecule is CC(C)CC1CCN(C(=O)C2CC2)CC1.CC(C)CC1CCN(C(C)C)CC1.CC(C)CC1CCN(C)CC1.CC(C)CC1CCNCC1.CC(C)CN1CCN(C)CC1.CCC(CC1CCN(C)CC1)C(C)C.CCC(CC1CCN(CC)CC1)C(C)C.CCC(CN1CCN(C)CC1)C(C)C.CCN1CCC(CC(C)C)CC1. The fraction of sp³-hybridized carbons (Fsp3) is 0.990.